The zero-order valence-corrected chi connectivity index (χ0v) is 24.8. The maximum atomic E-state index is 12.6. The molecule has 5 rings (SSSR count). The van der Waals surface area contributed by atoms with Crippen LogP contribution in [0.4, 0.5) is 4.79 Å². The summed E-state index contributed by atoms with van der Waals surface area (Å²) in [4.78, 5) is 54.3. The van der Waals surface area contributed by atoms with Crippen LogP contribution in [0.15, 0.2) is 60.9 Å². The number of carbonyl (C=O) groups excluding carboxylic acids is 3. The van der Waals surface area contributed by atoms with E-state index in [1.54, 1.807) is 16.0 Å². The molecule has 3 heterocycles. The van der Waals surface area contributed by atoms with Crippen LogP contribution in [-0.4, -0.2) is 74.9 Å². The van der Waals surface area contributed by atoms with Gasteiger partial charge in [-0.25, -0.2) is 14.8 Å². The lowest BCUT2D eigenvalue weighted by Crippen LogP contribution is -2.40. The van der Waals surface area contributed by atoms with Crippen molar-refractivity contribution in [2.45, 2.75) is 38.8 Å². The molecular formula is C33H35N7O4. The van der Waals surface area contributed by atoms with Crippen molar-refractivity contribution in [3.05, 3.63) is 83.7 Å². The third-order valence-corrected chi connectivity index (χ3v) is 7.47. The van der Waals surface area contributed by atoms with Crippen LogP contribution in [0.5, 0.6) is 0 Å². The summed E-state index contributed by atoms with van der Waals surface area (Å²) in [5.74, 6) is 7.69. The fourth-order valence-corrected chi connectivity index (χ4v) is 5.14. The largest absolute Gasteiger partial charge is 0.453 e. The first-order chi connectivity index (χ1) is 21.5. The Morgan fingerprint density at radius 3 is 2.27 bits per heavy atom. The van der Waals surface area contributed by atoms with Gasteiger partial charge in [0.15, 0.2) is 0 Å². The predicted molar refractivity (Wildman–Crippen MR) is 165 cm³/mol. The number of nitrogens with one attached hydrogen (secondary N) is 3. The van der Waals surface area contributed by atoms with Crippen LogP contribution in [-0.2, 0) is 20.9 Å². The van der Waals surface area contributed by atoms with Gasteiger partial charge in [-0.3, -0.25) is 9.59 Å². The van der Waals surface area contributed by atoms with Crippen molar-refractivity contribution in [3.8, 4) is 34.4 Å². The van der Waals surface area contributed by atoms with E-state index in [2.05, 4.69) is 41.8 Å². The van der Waals surface area contributed by atoms with Gasteiger partial charge in [-0.2, -0.15) is 0 Å². The lowest BCUT2D eigenvalue weighted by Gasteiger charge is -2.21. The number of imidazole rings is 2. The first kappa shape index (κ1) is 30.1. The van der Waals surface area contributed by atoms with Crippen molar-refractivity contribution in [3.63, 3.8) is 0 Å². The number of aromatic nitrogens is 4. The number of rotatable bonds is 10. The van der Waals surface area contributed by atoms with Crippen LogP contribution >= 0.6 is 0 Å². The third kappa shape index (κ3) is 7.33. The molecule has 1 aliphatic heterocycles. The minimum absolute atomic E-state index is 0.0167. The number of methoxy groups -OCH3 is 1. The Balaban J connectivity index is 1.18. The van der Waals surface area contributed by atoms with E-state index in [1.165, 1.54) is 7.11 Å². The van der Waals surface area contributed by atoms with Crippen LogP contribution in [0.3, 0.4) is 0 Å². The topological polar surface area (TPSA) is 136 Å². The fourth-order valence-electron chi connectivity index (χ4n) is 5.14. The molecule has 226 valence electrons. The molecule has 3 amide bonds. The number of likely N-dealkylation sites (tertiary alicyclic amines) is 1. The SMILES string of the molecule is CCCN(Cc1ncc(-c2ccc(C#Cc3ccc(-c4cnc(C5CCCN5C=O)[nH]4)cc3)cc2)[nH]1)C(=O)CNC(=O)OC. The molecule has 1 saturated heterocycles. The molecule has 2 aromatic carbocycles. The summed E-state index contributed by atoms with van der Waals surface area (Å²) in [5.41, 5.74) is 5.48. The zero-order valence-electron chi connectivity index (χ0n) is 24.8. The van der Waals surface area contributed by atoms with E-state index in [9.17, 15) is 14.4 Å². The van der Waals surface area contributed by atoms with E-state index >= 15 is 0 Å². The summed E-state index contributed by atoms with van der Waals surface area (Å²) >= 11 is 0. The Labute approximate surface area is 256 Å². The van der Waals surface area contributed by atoms with Crippen molar-refractivity contribution in [2.24, 2.45) is 0 Å². The van der Waals surface area contributed by atoms with Gasteiger partial charge in [-0.15, -0.1) is 0 Å². The molecule has 1 unspecified atom stereocenters. The van der Waals surface area contributed by atoms with Gasteiger partial charge in [-0.05, 0) is 54.7 Å². The first-order valence-electron chi connectivity index (χ1n) is 14.6. The smallest absolute Gasteiger partial charge is 0.407 e. The molecule has 0 radical (unpaired) electrons. The molecule has 2 aromatic heterocycles. The highest BCUT2D eigenvalue weighted by Gasteiger charge is 2.27. The van der Waals surface area contributed by atoms with Crippen molar-refractivity contribution in [1.82, 2.24) is 35.1 Å². The normalized spacial score (nSPS) is 14.0. The molecule has 1 fully saturated rings. The minimum atomic E-state index is -0.644. The number of ether oxygens (including phenoxy) is 1. The Kier molecular flexibility index (Phi) is 9.71. The van der Waals surface area contributed by atoms with Gasteiger partial charge in [0.05, 0.1) is 43.5 Å². The molecule has 1 aliphatic rings. The van der Waals surface area contributed by atoms with Gasteiger partial charge in [0.2, 0.25) is 12.3 Å². The summed E-state index contributed by atoms with van der Waals surface area (Å²) in [6.45, 7) is 3.46. The second-order valence-corrected chi connectivity index (χ2v) is 10.5. The van der Waals surface area contributed by atoms with Crippen molar-refractivity contribution >= 4 is 18.4 Å². The number of H-pyrrole nitrogens is 2. The van der Waals surface area contributed by atoms with Crippen LogP contribution in [0.2, 0.25) is 0 Å². The molecule has 3 N–H and O–H groups in total. The molecule has 0 aliphatic carbocycles. The van der Waals surface area contributed by atoms with E-state index in [1.807, 2.05) is 61.7 Å². The lowest BCUT2D eigenvalue weighted by molar-refractivity contribution is -0.131. The number of carbonyl (C=O) groups is 3. The molecular weight excluding hydrogens is 558 g/mol. The summed E-state index contributed by atoms with van der Waals surface area (Å²) in [5, 5.41) is 2.43. The second kappa shape index (κ2) is 14.2. The molecule has 11 nitrogen and oxygen atoms in total. The maximum absolute atomic E-state index is 12.6. The van der Waals surface area contributed by atoms with Crippen molar-refractivity contribution in [2.75, 3.05) is 26.7 Å². The van der Waals surface area contributed by atoms with Crippen molar-refractivity contribution in [1.29, 1.82) is 0 Å². The standard InChI is InChI=1S/C33H35N7O4/c1-3-16-39(31(42)20-36-33(43)44-2)21-30-34-18-27(37-30)25-12-8-23(9-13-25)6-7-24-10-14-26(15-11-24)28-19-35-32(38-28)29-5-4-17-40(29)22-41/h8-15,18-19,22,29H,3-5,16-17,20-21H2,1-2H3,(H,34,37)(H,35,38)(H,36,43). The summed E-state index contributed by atoms with van der Waals surface area (Å²) in [7, 11) is 1.26. The van der Waals surface area contributed by atoms with Gasteiger partial charge in [0.25, 0.3) is 0 Å². The number of benzene rings is 2. The van der Waals surface area contributed by atoms with Gasteiger partial charge < -0.3 is 29.8 Å². The predicted octanol–water partition coefficient (Wildman–Crippen LogP) is 4.25. The minimum Gasteiger partial charge on any atom is -0.453 e. The van der Waals surface area contributed by atoms with Gasteiger partial charge in [-0.1, -0.05) is 43.0 Å². The first-order valence-corrected chi connectivity index (χ1v) is 14.6. The maximum Gasteiger partial charge on any atom is 0.407 e. The number of aromatic amines is 2. The zero-order chi connectivity index (χ0) is 30.9. The number of alkyl carbamates (subject to hydrolysis) is 1. The van der Waals surface area contributed by atoms with Gasteiger partial charge >= 0.3 is 6.09 Å². The number of amides is 3. The Hall–Kier alpha value is -5.37. The highest BCUT2D eigenvalue weighted by molar-refractivity contribution is 5.82. The average Bonchev–Trinajstić information content (AvgIpc) is 3.84. The van der Waals surface area contributed by atoms with Crippen molar-refractivity contribution < 1.29 is 19.1 Å². The molecule has 0 spiro atoms. The molecule has 1 atom stereocenters. The summed E-state index contributed by atoms with van der Waals surface area (Å²) in [6.07, 6.45) is 6.50. The van der Waals surface area contributed by atoms with Crippen LogP contribution < -0.4 is 5.32 Å². The van der Waals surface area contributed by atoms with Gasteiger partial charge in [0, 0.05) is 24.2 Å². The summed E-state index contributed by atoms with van der Waals surface area (Å²) in [6, 6.07) is 15.9. The second-order valence-electron chi connectivity index (χ2n) is 10.5. The highest BCUT2D eigenvalue weighted by Crippen LogP contribution is 2.30. The highest BCUT2D eigenvalue weighted by atomic mass is 16.5. The van der Waals surface area contributed by atoms with Crippen LogP contribution in [0, 0.1) is 11.8 Å². The summed E-state index contributed by atoms with van der Waals surface area (Å²) < 4.78 is 4.54. The molecule has 0 saturated carbocycles. The quantitative estimate of drug-likeness (QED) is 0.186. The van der Waals surface area contributed by atoms with E-state index in [4.69, 9.17) is 0 Å². The Morgan fingerprint density at radius 2 is 1.66 bits per heavy atom. The third-order valence-electron chi connectivity index (χ3n) is 7.47. The lowest BCUT2D eigenvalue weighted by atomic mass is 10.1. The van der Waals surface area contributed by atoms with E-state index in [-0.39, 0.29) is 18.5 Å². The van der Waals surface area contributed by atoms with E-state index in [0.717, 1.165) is 71.7 Å². The number of hydrogen-bond donors (Lipinski definition) is 3. The Morgan fingerprint density at radius 1 is 1.02 bits per heavy atom. The number of nitrogens with zero attached hydrogens (tertiary/aromatic N) is 4. The fraction of sp³-hybridized carbons (Fsp3) is 0.303. The van der Waals surface area contributed by atoms with Crippen LogP contribution in [0.25, 0.3) is 22.5 Å². The van der Waals surface area contributed by atoms with Gasteiger partial charge in [0.1, 0.15) is 18.2 Å². The Bertz CT molecular complexity index is 1650. The molecule has 0 bridgehead atoms. The van der Waals surface area contributed by atoms with Crippen LogP contribution in [0.1, 0.15) is 55.0 Å². The molecule has 4 aromatic rings. The van der Waals surface area contributed by atoms with E-state index < -0.39 is 6.09 Å². The monoisotopic (exact) mass is 593 g/mol. The molecule has 11 heteroatoms. The molecule has 44 heavy (non-hydrogen) atoms. The number of hydrogen-bond acceptors (Lipinski definition) is 6. The average molecular weight is 594 g/mol. The van der Waals surface area contributed by atoms with E-state index in [0.29, 0.717) is 18.9 Å².